The highest BCUT2D eigenvalue weighted by Crippen LogP contribution is 2.25. The maximum atomic E-state index is 15.0. The van der Waals surface area contributed by atoms with Crippen LogP contribution in [0.15, 0.2) is 114 Å². The number of anilines is 1. The van der Waals surface area contributed by atoms with Gasteiger partial charge in [-0.1, -0.05) is 91.3 Å². The molecule has 9 heteroatoms. The van der Waals surface area contributed by atoms with E-state index in [1.807, 2.05) is 51.1 Å². The molecule has 0 bridgehead atoms. The quantitative estimate of drug-likeness (QED) is 0.203. The maximum absolute atomic E-state index is 15.0. The summed E-state index contributed by atoms with van der Waals surface area (Å²) < 4.78 is 44.0. The summed E-state index contributed by atoms with van der Waals surface area (Å²) >= 11 is 0. The first kappa shape index (κ1) is 32.4. The van der Waals surface area contributed by atoms with Crippen LogP contribution in [-0.4, -0.2) is 43.8 Å². The molecule has 0 unspecified atom stereocenters. The lowest BCUT2D eigenvalue weighted by Gasteiger charge is -2.34. The van der Waals surface area contributed by atoms with Crippen molar-refractivity contribution in [1.29, 1.82) is 0 Å². The standard InChI is InChI=1S/C35H38FN3O4S/c1-4-27(3)37-35(41)33(23-28-13-7-5-8-14-28)38(24-29-15-11-12-18-32(29)36)34(40)25-39(30-21-19-26(2)20-22-30)44(42,43)31-16-9-6-10-17-31/h5-22,27,33H,4,23-25H2,1-3H3,(H,37,41)/t27-,33+/m0/s1. The lowest BCUT2D eigenvalue weighted by molar-refractivity contribution is -0.140. The number of nitrogens with one attached hydrogen (secondary N) is 1. The Bertz CT molecular complexity index is 1650. The van der Waals surface area contributed by atoms with E-state index in [1.165, 1.54) is 23.1 Å². The fraction of sp³-hybridized carbons (Fsp3) is 0.257. The number of benzene rings is 4. The molecule has 230 valence electrons. The fourth-order valence-corrected chi connectivity index (χ4v) is 6.20. The number of halogens is 1. The summed E-state index contributed by atoms with van der Waals surface area (Å²) in [6.45, 7) is 4.85. The van der Waals surface area contributed by atoms with E-state index in [9.17, 15) is 18.0 Å². The number of carbonyl (C=O) groups excluding carboxylic acids is 2. The van der Waals surface area contributed by atoms with Crippen molar-refractivity contribution in [3.05, 3.63) is 132 Å². The van der Waals surface area contributed by atoms with Crippen molar-refractivity contribution in [2.75, 3.05) is 10.8 Å². The van der Waals surface area contributed by atoms with E-state index in [0.29, 0.717) is 12.1 Å². The van der Waals surface area contributed by atoms with Gasteiger partial charge in [0.15, 0.2) is 0 Å². The number of aryl methyl sites for hydroxylation is 1. The number of hydrogen-bond donors (Lipinski definition) is 1. The summed E-state index contributed by atoms with van der Waals surface area (Å²) in [6, 6.07) is 28.8. The number of hydrogen-bond acceptors (Lipinski definition) is 4. The van der Waals surface area contributed by atoms with Crippen LogP contribution in [0.2, 0.25) is 0 Å². The first-order chi connectivity index (χ1) is 21.1. The van der Waals surface area contributed by atoms with E-state index in [2.05, 4.69) is 5.32 Å². The van der Waals surface area contributed by atoms with E-state index in [4.69, 9.17) is 0 Å². The Hall–Kier alpha value is -4.50. The minimum atomic E-state index is -4.19. The summed E-state index contributed by atoms with van der Waals surface area (Å²) in [5, 5.41) is 2.97. The van der Waals surface area contributed by atoms with Crippen LogP contribution in [0.1, 0.15) is 37.0 Å². The van der Waals surface area contributed by atoms with Gasteiger partial charge in [-0.05, 0) is 56.2 Å². The molecule has 0 saturated carbocycles. The number of amides is 2. The van der Waals surface area contributed by atoms with Crippen molar-refractivity contribution in [2.24, 2.45) is 0 Å². The second kappa shape index (κ2) is 14.8. The van der Waals surface area contributed by atoms with Crippen molar-refractivity contribution >= 4 is 27.5 Å². The first-order valence-electron chi connectivity index (χ1n) is 14.6. The van der Waals surface area contributed by atoms with Crippen LogP contribution in [0.3, 0.4) is 0 Å². The summed E-state index contributed by atoms with van der Waals surface area (Å²) in [7, 11) is -4.19. The first-order valence-corrected chi connectivity index (χ1v) is 16.1. The van der Waals surface area contributed by atoms with Gasteiger partial charge in [0.2, 0.25) is 11.8 Å². The predicted molar refractivity (Wildman–Crippen MR) is 171 cm³/mol. The lowest BCUT2D eigenvalue weighted by atomic mass is 10.0. The normalized spacial score (nSPS) is 12.6. The van der Waals surface area contributed by atoms with Crippen molar-refractivity contribution in [2.45, 2.75) is 57.1 Å². The number of carbonyl (C=O) groups is 2. The molecule has 0 fully saturated rings. The third-order valence-corrected chi connectivity index (χ3v) is 9.29. The molecular weight excluding hydrogens is 577 g/mol. The smallest absolute Gasteiger partial charge is 0.264 e. The molecule has 0 radical (unpaired) electrons. The molecule has 7 nitrogen and oxygen atoms in total. The average molecular weight is 616 g/mol. The van der Waals surface area contributed by atoms with Crippen LogP contribution >= 0.6 is 0 Å². The van der Waals surface area contributed by atoms with Gasteiger partial charge >= 0.3 is 0 Å². The molecule has 0 aliphatic heterocycles. The van der Waals surface area contributed by atoms with Crippen LogP contribution in [0, 0.1) is 12.7 Å². The largest absolute Gasteiger partial charge is 0.352 e. The van der Waals surface area contributed by atoms with E-state index in [1.54, 1.807) is 60.7 Å². The Kier molecular flexibility index (Phi) is 10.9. The molecule has 44 heavy (non-hydrogen) atoms. The topological polar surface area (TPSA) is 86.8 Å². The Balaban J connectivity index is 1.80. The second-order valence-electron chi connectivity index (χ2n) is 10.8. The molecule has 0 saturated heterocycles. The minimum absolute atomic E-state index is 0.0179. The third-order valence-electron chi connectivity index (χ3n) is 7.50. The third kappa shape index (κ3) is 8.11. The van der Waals surface area contributed by atoms with Gasteiger partial charge in [0.25, 0.3) is 10.0 Å². The van der Waals surface area contributed by atoms with Crippen molar-refractivity contribution in [3.63, 3.8) is 0 Å². The minimum Gasteiger partial charge on any atom is -0.352 e. The predicted octanol–water partition coefficient (Wildman–Crippen LogP) is 5.88. The van der Waals surface area contributed by atoms with E-state index in [-0.39, 0.29) is 29.5 Å². The van der Waals surface area contributed by atoms with Crippen LogP contribution in [0.5, 0.6) is 0 Å². The van der Waals surface area contributed by atoms with Crippen LogP contribution in [0.4, 0.5) is 10.1 Å². The van der Waals surface area contributed by atoms with E-state index < -0.39 is 40.2 Å². The van der Waals surface area contributed by atoms with Gasteiger partial charge in [0.05, 0.1) is 10.6 Å². The Morgan fingerprint density at radius 2 is 1.43 bits per heavy atom. The molecule has 0 spiro atoms. The van der Waals surface area contributed by atoms with Gasteiger partial charge in [-0.3, -0.25) is 13.9 Å². The van der Waals surface area contributed by atoms with E-state index >= 15 is 4.39 Å². The molecule has 0 aliphatic rings. The lowest BCUT2D eigenvalue weighted by Crippen LogP contribution is -2.54. The monoisotopic (exact) mass is 615 g/mol. The molecule has 0 aromatic heterocycles. The maximum Gasteiger partial charge on any atom is 0.264 e. The molecule has 0 aliphatic carbocycles. The van der Waals surface area contributed by atoms with Crippen molar-refractivity contribution in [3.8, 4) is 0 Å². The zero-order chi connectivity index (χ0) is 31.7. The molecule has 4 aromatic rings. The van der Waals surface area contributed by atoms with Gasteiger partial charge < -0.3 is 10.2 Å². The zero-order valence-corrected chi connectivity index (χ0v) is 26.0. The van der Waals surface area contributed by atoms with E-state index in [0.717, 1.165) is 15.4 Å². The molecule has 4 aromatic carbocycles. The zero-order valence-electron chi connectivity index (χ0n) is 25.2. The molecule has 2 amide bonds. The molecule has 1 N–H and O–H groups in total. The molecule has 4 rings (SSSR count). The van der Waals surface area contributed by atoms with Gasteiger partial charge in [-0.15, -0.1) is 0 Å². The average Bonchev–Trinajstić information content (AvgIpc) is 3.03. The number of sulfonamides is 1. The Labute approximate surface area is 259 Å². The van der Waals surface area contributed by atoms with Crippen molar-refractivity contribution < 1.29 is 22.4 Å². The van der Waals surface area contributed by atoms with Crippen LogP contribution in [0.25, 0.3) is 0 Å². The highest BCUT2D eigenvalue weighted by Gasteiger charge is 2.35. The Morgan fingerprint density at radius 1 is 0.841 bits per heavy atom. The van der Waals surface area contributed by atoms with Crippen molar-refractivity contribution in [1.82, 2.24) is 10.2 Å². The van der Waals surface area contributed by atoms with Crippen LogP contribution < -0.4 is 9.62 Å². The molecular formula is C35H38FN3O4S. The fourth-order valence-electron chi connectivity index (χ4n) is 4.76. The highest BCUT2D eigenvalue weighted by molar-refractivity contribution is 7.92. The van der Waals surface area contributed by atoms with Gasteiger partial charge in [-0.25, -0.2) is 12.8 Å². The van der Waals surface area contributed by atoms with Gasteiger partial charge in [0.1, 0.15) is 18.4 Å². The Morgan fingerprint density at radius 3 is 2.05 bits per heavy atom. The number of nitrogens with zero attached hydrogens (tertiary/aromatic N) is 2. The molecule has 2 atom stereocenters. The number of rotatable bonds is 13. The SMILES string of the molecule is CC[C@H](C)NC(=O)[C@@H](Cc1ccccc1)N(Cc1ccccc1F)C(=O)CN(c1ccc(C)cc1)S(=O)(=O)c1ccccc1. The highest BCUT2D eigenvalue weighted by atomic mass is 32.2. The van der Waals surface area contributed by atoms with Gasteiger partial charge in [-0.2, -0.15) is 0 Å². The van der Waals surface area contributed by atoms with Gasteiger partial charge in [0, 0.05) is 24.6 Å². The summed E-state index contributed by atoms with van der Waals surface area (Å²) in [5.74, 6) is -1.58. The summed E-state index contributed by atoms with van der Waals surface area (Å²) in [4.78, 5) is 29.5. The molecule has 0 heterocycles. The van der Waals surface area contributed by atoms with Crippen LogP contribution in [-0.2, 0) is 32.6 Å². The second-order valence-corrected chi connectivity index (χ2v) is 12.7. The summed E-state index contributed by atoms with van der Waals surface area (Å²) in [6.07, 6.45) is 0.820. The summed E-state index contributed by atoms with van der Waals surface area (Å²) in [5.41, 5.74) is 2.23.